The molecule has 1 unspecified atom stereocenters. The van der Waals surface area contributed by atoms with Crippen LogP contribution in [0.4, 0.5) is 10.2 Å². The zero-order chi connectivity index (χ0) is 21.3. The number of imidazole rings is 1. The lowest BCUT2D eigenvalue weighted by Gasteiger charge is -2.17. The van der Waals surface area contributed by atoms with Crippen LogP contribution in [0.5, 0.6) is 5.75 Å². The molecule has 0 spiro atoms. The van der Waals surface area contributed by atoms with Gasteiger partial charge < -0.3 is 30.1 Å². The molecule has 0 amide bonds. The van der Waals surface area contributed by atoms with Crippen LogP contribution in [-0.4, -0.2) is 72.2 Å². The number of aliphatic hydroxyl groups is 3. The third kappa shape index (κ3) is 3.92. The van der Waals surface area contributed by atoms with Crippen LogP contribution >= 0.6 is 0 Å². The molecular weight excluding hydrogens is 397 g/mol. The Labute approximate surface area is 170 Å². The van der Waals surface area contributed by atoms with Gasteiger partial charge in [0.2, 0.25) is 6.36 Å². The molecule has 11 heteroatoms. The minimum atomic E-state index is -2.44. The van der Waals surface area contributed by atoms with Gasteiger partial charge in [-0.25, -0.2) is 19.3 Å². The highest BCUT2D eigenvalue weighted by Gasteiger charge is 2.47. The first-order valence-electron chi connectivity index (χ1n) is 9.41. The van der Waals surface area contributed by atoms with Crippen LogP contribution in [0.1, 0.15) is 13.2 Å². The first kappa shape index (κ1) is 20.4. The summed E-state index contributed by atoms with van der Waals surface area (Å²) in [5.74, 6) is 1.19. The summed E-state index contributed by atoms with van der Waals surface area (Å²) in [5.41, 5.74) is 0.715. The van der Waals surface area contributed by atoms with E-state index in [1.807, 2.05) is 37.3 Å². The van der Waals surface area contributed by atoms with E-state index in [4.69, 9.17) is 14.6 Å². The molecule has 30 heavy (non-hydrogen) atoms. The van der Waals surface area contributed by atoms with Gasteiger partial charge in [0.05, 0.1) is 12.4 Å². The minimum Gasteiger partial charge on any atom is -0.491 e. The Bertz CT molecular complexity index is 988. The van der Waals surface area contributed by atoms with Gasteiger partial charge in [0.1, 0.15) is 37.0 Å². The van der Waals surface area contributed by atoms with Gasteiger partial charge in [0.15, 0.2) is 23.2 Å². The number of aromatic nitrogens is 4. The highest BCUT2D eigenvalue weighted by molar-refractivity contribution is 5.82. The van der Waals surface area contributed by atoms with Crippen LogP contribution in [0.3, 0.4) is 0 Å². The average Bonchev–Trinajstić information content (AvgIpc) is 3.29. The summed E-state index contributed by atoms with van der Waals surface area (Å²) < 4.78 is 25.6. The third-order valence-electron chi connectivity index (χ3n) is 4.81. The number of fused-ring (bicyclic) bond motifs is 1. The van der Waals surface area contributed by atoms with Crippen molar-refractivity contribution in [3.8, 4) is 5.75 Å². The molecule has 1 fully saturated rings. The second kappa shape index (κ2) is 8.48. The van der Waals surface area contributed by atoms with E-state index in [1.165, 1.54) is 17.2 Å². The van der Waals surface area contributed by atoms with E-state index in [2.05, 4.69) is 20.3 Å². The van der Waals surface area contributed by atoms with E-state index in [0.29, 0.717) is 23.6 Å². The van der Waals surface area contributed by atoms with Crippen molar-refractivity contribution < 1.29 is 29.2 Å². The van der Waals surface area contributed by atoms with Gasteiger partial charge in [-0.05, 0) is 19.1 Å². The predicted octanol–water partition coefficient (Wildman–Crippen LogP) is 0.613. The Hall–Kier alpha value is -2.86. The molecule has 6 atom stereocenters. The number of benzene rings is 1. The van der Waals surface area contributed by atoms with Crippen molar-refractivity contribution >= 4 is 17.0 Å². The molecule has 10 nitrogen and oxygen atoms in total. The van der Waals surface area contributed by atoms with Crippen molar-refractivity contribution in [3.63, 3.8) is 0 Å². The van der Waals surface area contributed by atoms with E-state index in [0.717, 1.165) is 5.75 Å². The third-order valence-corrected chi connectivity index (χ3v) is 4.81. The van der Waals surface area contributed by atoms with E-state index >= 15 is 0 Å². The van der Waals surface area contributed by atoms with Crippen LogP contribution in [0.2, 0.25) is 0 Å². The lowest BCUT2D eigenvalue weighted by atomic mass is 10.1. The smallest absolute Gasteiger partial charge is 0.225 e. The van der Waals surface area contributed by atoms with E-state index < -0.39 is 30.9 Å². The number of ether oxygens (including phenoxy) is 2. The maximum absolute atomic E-state index is 13.2. The van der Waals surface area contributed by atoms with Crippen molar-refractivity contribution in [1.29, 1.82) is 0 Å². The first-order chi connectivity index (χ1) is 14.5. The molecule has 1 saturated heterocycles. The van der Waals surface area contributed by atoms with Crippen molar-refractivity contribution in [2.24, 2.45) is 0 Å². The number of nitrogens with one attached hydrogen (secondary N) is 1. The summed E-state index contributed by atoms with van der Waals surface area (Å²) >= 11 is 0. The van der Waals surface area contributed by atoms with Gasteiger partial charge >= 0.3 is 0 Å². The fraction of sp³-hybridized carbons (Fsp3) is 0.421. The molecule has 1 aliphatic heterocycles. The number of aliphatic hydroxyl groups excluding tert-OH is 3. The Balaban J connectivity index is 1.51. The van der Waals surface area contributed by atoms with Gasteiger partial charge in [-0.15, -0.1) is 0 Å². The van der Waals surface area contributed by atoms with Gasteiger partial charge in [-0.2, -0.15) is 0 Å². The molecule has 3 heterocycles. The number of anilines is 1. The molecule has 4 N–H and O–H groups in total. The molecule has 3 aromatic rings. The van der Waals surface area contributed by atoms with Crippen LogP contribution in [0.25, 0.3) is 11.2 Å². The van der Waals surface area contributed by atoms with Crippen molar-refractivity contribution in [1.82, 2.24) is 19.5 Å². The summed E-state index contributed by atoms with van der Waals surface area (Å²) in [6, 6.07) is 9.28. The molecule has 0 saturated carbocycles. The zero-order valence-corrected chi connectivity index (χ0v) is 16.0. The number of hydrogen-bond donors (Lipinski definition) is 4. The van der Waals surface area contributed by atoms with Crippen LogP contribution in [-0.2, 0) is 4.74 Å². The fourth-order valence-corrected chi connectivity index (χ4v) is 3.30. The standard InChI is InChI=1S/C19H22FN5O5/c1-10(7-29-11-5-3-2-4-6-11)24-17-12-18(22-8-21-17)25(9-23-12)19-14(27)13(26)15(30-19)16(20)28/h2-6,8-10,13-16,19,26-28H,7H2,1H3,(H,21,22,24)/t10-,13+,14-,15+,16?,19-/m1/s1. The summed E-state index contributed by atoms with van der Waals surface area (Å²) in [6.07, 6.45) is -5.58. The molecule has 160 valence electrons. The van der Waals surface area contributed by atoms with Crippen molar-refractivity contribution in [3.05, 3.63) is 43.0 Å². The number of nitrogens with zero attached hydrogens (tertiary/aromatic N) is 4. The van der Waals surface area contributed by atoms with Crippen LogP contribution < -0.4 is 10.1 Å². The number of halogens is 1. The van der Waals surface area contributed by atoms with E-state index in [1.54, 1.807) is 0 Å². The lowest BCUT2D eigenvalue weighted by Crippen LogP contribution is -2.36. The Morgan fingerprint density at radius 2 is 1.97 bits per heavy atom. The monoisotopic (exact) mass is 419 g/mol. The molecule has 0 radical (unpaired) electrons. The first-order valence-corrected chi connectivity index (χ1v) is 9.41. The molecule has 1 aromatic carbocycles. The van der Waals surface area contributed by atoms with Crippen LogP contribution in [0, 0.1) is 0 Å². The normalized spacial score (nSPS) is 25.9. The maximum atomic E-state index is 13.2. The summed E-state index contributed by atoms with van der Waals surface area (Å²) in [5, 5.41) is 32.5. The van der Waals surface area contributed by atoms with Gasteiger partial charge in [-0.1, -0.05) is 18.2 Å². The number of alkyl halides is 1. The molecule has 2 aromatic heterocycles. The minimum absolute atomic E-state index is 0.116. The van der Waals surface area contributed by atoms with Gasteiger partial charge in [0.25, 0.3) is 0 Å². The number of rotatable bonds is 7. The van der Waals surface area contributed by atoms with E-state index in [-0.39, 0.29) is 6.04 Å². The second-order valence-corrected chi connectivity index (χ2v) is 7.06. The Morgan fingerprint density at radius 1 is 1.20 bits per heavy atom. The predicted molar refractivity (Wildman–Crippen MR) is 103 cm³/mol. The summed E-state index contributed by atoms with van der Waals surface area (Å²) in [7, 11) is 0. The fourth-order valence-electron chi connectivity index (χ4n) is 3.30. The average molecular weight is 419 g/mol. The van der Waals surface area contributed by atoms with Crippen molar-refractivity contribution in [2.75, 3.05) is 11.9 Å². The highest BCUT2D eigenvalue weighted by atomic mass is 19.1. The summed E-state index contributed by atoms with van der Waals surface area (Å²) in [6.45, 7) is 2.30. The van der Waals surface area contributed by atoms with Gasteiger partial charge in [-0.3, -0.25) is 4.57 Å². The van der Waals surface area contributed by atoms with Crippen LogP contribution in [0.15, 0.2) is 43.0 Å². The van der Waals surface area contributed by atoms with Crippen molar-refractivity contribution in [2.45, 2.75) is 43.9 Å². The Kier molecular flexibility index (Phi) is 5.77. The van der Waals surface area contributed by atoms with E-state index in [9.17, 15) is 14.6 Å². The molecular formula is C19H22FN5O5. The molecule has 0 aliphatic carbocycles. The molecule has 4 rings (SSSR count). The lowest BCUT2D eigenvalue weighted by molar-refractivity contribution is -0.130. The number of para-hydroxylation sites is 1. The SMILES string of the molecule is C[C@H](COc1ccccc1)Nc1ncnc2c1ncn2[C@@H]1O[C@H](C(O)F)[C@@H](O)[C@H]1O. The Morgan fingerprint density at radius 3 is 2.67 bits per heavy atom. The topological polar surface area (TPSA) is 135 Å². The highest BCUT2D eigenvalue weighted by Crippen LogP contribution is 2.33. The summed E-state index contributed by atoms with van der Waals surface area (Å²) in [4.78, 5) is 12.6. The largest absolute Gasteiger partial charge is 0.491 e. The zero-order valence-electron chi connectivity index (χ0n) is 16.0. The second-order valence-electron chi connectivity index (χ2n) is 7.06. The molecule has 1 aliphatic rings. The molecule has 0 bridgehead atoms. The quantitative estimate of drug-likeness (QED) is 0.434. The number of hydrogen-bond acceptors (Lipinski definition) is 9. The van der Waals surface area contributed by atoms with Gasteiger partial charge in [0, 0.05) is 0 Å². The maximum Gasteiger partial charge on any atom is 0.225 e.